The molecule has 0 radical (unpaired) electrons. The number of rotatable bonds is 3. The molecule has 0 saturated carbocycles. The minimum atomic E-state index is 0.564. The minimum Gasteiger partial charge on any atom is -0.377 e. The number of halogens is 1. The molecule has 14 heavy (non-hydrogen) atoms. The van der Waals surface area contributed by atoms with Gasteiger partial charge < -0.3 is 10.6 Å². The summed E-state index contributed by atoms with van der Waals surface area (Å²) in [5, 5.41) is 0. The van der Waals surface area contributed by atoms with Gasteiger partial charge in [-0.1, -0.05) is 34.1 Å². The number of nitrogens with zero attached hydrogens (tertiary/aromatic N) is 1. The fraction of sp³-hybridized carbons (Fsp3) is 0.273. The Morgan fingerprint density at radius 2 is 2.14 bits per heavy atom. The zero-order chi connectivity index (χ0) is 10.6. The fourth-order valence-corrected chi connectivity index (χ4v) is 1.75. The molecule has 3 heteroatoms. The molecule has 0 bridgehead atoms. The molecule has 0 unspecified atom stereocenters. The highest BCUT2D eigenvalue weighted by atomic mass is 79.9. The first-order valence-corrected chi connectivity index (χ1v) is 5.28. The first-order chi connectivity index (χ1) is 6.66. The quantitative estimate of drug-likeness (QED) is 0.899. The summed E-state index contributed by atoms with van der Waals surface area (Å²) in [5.41, 5.74) is 7.79. The Hall–Kier alpha value is -0.800. The number of anilines is 1. The van der Waals surface area contributed by atoms with Gasteiger partial charge in [-0.15, -0.1) is 0 Å². The van der Waals surface area contributed by atoms with E-state index in [9.17, 15) is 0 Å². The molecule has 0 amide bonds. The molecule has 76 valence electrons. The molecule has 0 aliphatic carbocycles. The van der Waals surface area contributed by atoms with E-state index in [1.807, 2.05) is 38.4 Å². The summed E-state index contributed by atoms with van der Waals surface area (Å²) in [6.07, 6.45) is 3.99. The van der Waals surface area contributed by atoms with E-state index in [2.05, 4.69) is 26.9 Å². The molecule has 2 N–H and O–H groups in total. The molecule has 0 spiro atoms. The van der Waals surface area contributed by atoms with E-state index in [0.29, 0.717) is 6.54 Å². The fourth-order valence-electron chi connectivity index (χ4n) is 1.27. The van der Waals surface area contributed by atoms with Gasteiger partial charge in [0.1, 0.15) is 0 Å². The Morgan fingerprint density at radius 3 is 2.71 bits per heavy atom. The Balaban J connectivity index is 3.15. The zero-order valence-corrected chi connectivity index (χ0v) is 10.1. The number of nitrogens with two attached hydrogens (primary N) is 1. The predicted octanol–water partition coefficient (Wildman–Crippen LogP) is 2.49. The number of hydrogen-bond donors (Lipinski definition) is 1. The summed E-state index contributed by atoms with van der Waals surface area (Å²) in [6.45, 7) is 0.564. The predicted molar refractivity (Wildman–Crippen MR) is 66.6 cm³/mol. The van der Waals surface area contributed by atoms with Gasteiger partial charge in [0.05, 0.1) is 0 Å². The molecule has 0 aliphatic rings. The molecule has 1 rings (SSSR count). The van der Waals surface area contributed by atoms with Crippen LogP contribution in [-0.4, -0.2) is 20.6 Å². The van der Waals surface area contributed by atoms with Crippen LogP contribution in [0.3, 0.4) is 0 Å². The molecular weight excluding hydrogens is 240 g/mol. The van der Waals surface area contributed by atoms with Gasteiger partial charge in [0.15, 0.2) is 0 Å². The summed E-state index contributed by atoms with van der Waals surface area (Å²) in [6, 6.07) is 6.14. The van der Waals surface area contributed by atoms with Gasteiger partial charge in [-0.05, 0) is 12.1 Å². The van der Waals surface area contributed by atoms with Crippen molar-refractivity contribution in [1.29, 1.82) is 0 Å². The second kappa shape index (κ2) is 5.17. The van der Waals surface area contributed by atoms with Crippen LogP contribution in [0.1, 0.15) is 5.56 Å². The third-order valence-corrected chi connectivity index (χ3v) is 2.62. The third-order valence-electron chi connectivity index (χ3n) is 1.93. The van der Waals surface area contributed by atoms with Crippen LogP contribution in [0, 0.1) is 0 Å². The molecule has 0 fully saturated rings. The van der Waals surface area contributed by atoms with Crippen LogP contribution in [0.15, 0.2) is 28.7 Å². The first kappa shape index (κ1) is 11.3. The van der Waals surface area contributed by atoms with Crippen molar-refractivity contribution in [2.24, 2.45) is 5.73 Å². The van der Waals surface area contributed by atoms with Gasteiger partial charge in [0.25, 0.3) is 0 Å². The van der Waals surface area contributed by atoms with Crippen LogP contribution >= 0.6 is 15.9 Å². The Bertz CT molecular complexity index is 332. The van der Waals surface area contributed by atoms with E-state index < -0.39 is 0 Å². The maximum Gasteiger partial charge on any atom is 0.0445 e. The summed E-state index contributed by atoms with van der Waals surface area (Å²) in [7, 11) is 4.06. The van der Waals surface area contributed by atoms with Crippen molar-refractivity contribution < 1.29 is 0 Å². The van der Waals surface area contributed by atoms with E-state index >= 15 is 0 Å². The van der Waals surface area contributed by atoms with Crippen LogP contribution in [0.4, 0.5) is 5.69 Å². The van der Waals surface area contributed by atoms with E-state index in [4.69, 9.17) is 5.73 Å². The molecule has 0 aromatic heterocycles. The second-order valence-corrected chi connectivity index (χ2v) is 4.06. The van der Waals surface area contributed by atoms with Gasteiger partial charge in [-0.2, -0.15) is 0 Å². The van der Waals surface area contributed by atoms with Crippen molar-refractivity contribution in [3.63, 3.8) is 0 Å². The largest absolute Gasteiger partial charge is 0.377 e. The summed E-state index contributed by atoms with van der Waals surface area (Å²) in [4.78, 5) is 2.08. The minimum absolute atomic E-state index is 0.564. The maximum atomic E-state index is 5.44. The lowest BCUT2D eigenvalue weighted by molar-refractivity contribution is 1.12. The van der Waals surface area contributed by atoms with Gasteiger partial charge >= 0.3 is 0 Å². The lowest BCUT2D eigenvalue weighted by atomic mass is 10.1. The summed E-state index contributed by atoms with van der Waals surface area (Å²) < 4.78 is 1.09. The maximum absolute atomic E-state index is 5.44. The monoisotopic (exact) mass is 254 g/mol. The van der Waals surface area contributed by atoms with Crippen LogP contribution in [0.5, 0.6) is 0 Å². The molecule has 0 saturated heterocycles. The topological polar surface area (TPSA) is 29.3 Å². The van der Waals surface area contributed by atoms with Gasteiger partial charge in [0.2, 0.25) is 0 Å². The van der Waals surface area contributed by atoms with Gasteiger partial charge in [-0.25, -0.2) is 0 Å². The first-order valence-electron chi connectivity index (χ1n) is 4.49. The highest BCUT2D eigenvalue weighted by Gasteiger charge is 2.04. The van der Waals surface area contributed by atoms with Crippen molar-refractivity contribution in [3.05, 3.63) is 34.3 Å². The van der Waals surface area contributed by atoms with Crippen molar-refractivity contribution in [2.75, 3.05) is 25.5 Å². The molecule has 0 atom stereocenters. The smallest absolute Gasteiger partial charge is 0.0445 e. The number of hydrogen-bond acceptors (Lipinski definition) is 2. The van der Waals surface area contributed by atoms with E-state index in [0.717, 1.165) is 4.47 Å². The van der Waals surface area contributed by atoms with Gasteiger partial charge in [0, 0.05) is 36.4 Å². The average molecular weight is 255 g/mol. The third kappa shape index (κ3) is 2.59. The lowest BCUT2D eigenvalue weighted by Crippen LogP contribution is -2.10. The van der Waals surface area contributed by atoms with Crippen molar-refractivity contribution in [3.8, 4) is 0 Å². The standard InChI is InChI=1S/C11H15BrN2/c1-14(2)11-7-3-6-10(12)9(11)5-4-8-13/h3-7H,8,13H2,1-2H3/b5-4+. The van der Waals surface area contributed by atoms with E-state index in [1.54, 1.807) is 0 Å². The zero-order valence-electron chi connectivity index (χ0n) is 8.50. The van der Waals surface area contributed by atoms with Crippen molar-refractivity contribution in [2.45, 2.75) is 0 Å². The molecule has 2 nitrogen and oxygen atoms in total. The highest BCUT2D eigenvalue weighted by Crippen LogP contribution is 2.27. The normalized spacial score (nSPS) is 10.9. The highest BCUT2D eigenvalue weighted by molar-refractivity contribution is 9.10. The van der Waals surface area contributed by atoms with Crippen molar-refractivity contribution in [1.82, 2.24) is 0 Å². The SMILES string of the molecule is CN(C)c1cccc(Br)c1/C=C/CN. The molecule has 1 aromatic carbocycles. The molecule has 1 aromatic rings. The molecular formula is C11H15BrN2. The Labute approximate surface area is 93.5 Å². The Morgan fingerprint density at radius 1 is 1.43 bits per heavy atom. The van der Waals surface area contributed by atoms with Crippen LogP contribution in [-0.2, 0) is 0 Å². The Kier molecular flexibility index (Phi) is 4.17. The van der Waals surface area contributed by atoms with Crippen LogP contribution < -0.4 is 10.6 Å². The molecule has 0 heterocycles. The molecule has 0 aliphatic heterocycles. The summed E-state index contributed by atoms with van der Waals surface area (Å²) in [5.74, 6) is 0. The lowest BCUT2D eigenvalue weighted by Gasteiger charge is -2.16. The van der Waals surface area contributed by atoms with Crippen LogP contribution in [0.25, 0.3) is 6.08 Å². The summed E-state index contributed by atoms with van der Waals surface area (Å²) >= 11 is 3.53. The number of benzene rings is 1. The average Bonchev–Trinajstić information content (AvgIpc) is 2.15. The van der Waals surface area contributed by atoms with Gasteiger partial charge in [-0.3, -0.25) is 0 Å². The van der Waals surface area contributed by atoms with Crippen molar-refractivity contribution >= 4 is 27.7 Å². The second-order valence-electron chi connectivity index (χ2n) is 3.21. The van der Waals surface area contributed by atoms with E-state index in [1.165, 1.54) is 11.3 Å². The van der Waals surface area contributed by atoms with Crippen LogP contribution in [0.2, 0.25) is 0 Å². The van der Waals surface area contributed by atoms with E-state index in [-0.39, 0.29) is 0 Å².